The van der Waals surface area contributed by atoms with Crippen molar-refractivity contribution in [2.24, 2.45) is 0 Å². The van der Waals surface area contributed by atoms with Gasteiger partial charge in [0.25, 0.3) is 12.1 Å². The summed E-state index contributed by atoms with van der Waals surface area (Å²) in [6.45, 7) is 4.40. The highest BCUT2D eigenvalue weighted by atomic mass is 16.5. The number of aliphatic hydroxyl groups is 2. The topological polar surface area (TPSA) is 177 Å². The summed E-state index contributed by atoms with van der Waals surface area (Å²) >= 11 is 0. The molecule has 0 aliphatic carbocycles. The number of nitrogens with two attached hydrogens (primary N) is 1. The van der Waals surface area contributed by atoms with Crippen LogP contribution in [0.1, 0.15) is 33.1 Å². The van der Waals surface area contributed by atoms with E-state index in [0.29, 0.717) is 18.0 Å². The number of hydrogen-bond donors (Lipinski definition) is 4. The molecule has 0 bridgehead atoms. The minimum atomic E-state index is -2.38. The van der Waals surface area contributed by atoms with E-state index in [0.717, 1.165) is 0 Å². The van der Waals surface area contributed by atoms with Crippen LogP contribution in [0.15, 0.2) is 10.7 Å². The van der Waals surface area contributed by atoms with Crippen LogP contribution in [0.25, 0.3) is 0 Å². The molecule has 24 heavy (non-hydrogen) atoms. The van der Waals surface area contributed by atoms with E-state index in [-0.39, 0.29) is 0 Å². The molecule has 1 aliphatic heterocycles. The van der Waals surface area contributed by atoms with Crippen LogP contribution in [-0.4, -0.2) is 56.8 Å². The molecule has 0 radical (unpaired) electrons. The largest absolute Gasteiger partial charge is 0.547 e. The van der Waals surface area contributed by atoms with E-state index in [9.17, 15) is 14.7 Å². The van der Waals surface area contributed by atoms with Crippen molar-refractivity contribution in [2.75, 3.05) is 10.7 Å². The van der Waals surface area contributed by atoms with Gasteiger partial charge in [-0.1, -0.05) is 0 Å². The van der Waals surface area contributed by atoms with Gasteiger partial charge in [-0.25, -0.2) is 4.79 Å². The Morgan fingerprint density at radius 1 is 1.38 bits per heavy atom. The number of carbonyl (C=O) groups is 2. The maximum absolute atomic E-state index is 9.74. The molecule has 1 aromatic rings. The number of hydrogen-bond acceptors (Lipinski definition) is 9. The van der Waals surface area contributed by atoms with Gasteiger partial charge >= 0.3 is 5.97 Å². The van der Waals surface area contributed by atoms with Gasteiger partial charge in [-0.15, -0.1) is 5.01 Å². The number of aromatic nitrogens is 2. The Balaban J connectivity index is 0.000000257. The Hall–Kier alpha value is -2.40. The smallest absolute Gasteiger partial charge is 0.335 e. The monoisotopic (exact) mass is 346 g/mol. The second-order valence-electron chi connectivity index (χ2n) is 5.58. The van der Waals surface area contributed by atoms with E-state index in [1.54, 1.807) is 11.0 Å². The molecule has 1 fully saturated rings. The van der Waals surface area contributed by atoms with Gasteiger partial charge < -0.3 is 31.0 Å². The summed E-state index contributed by atoms with van der Waals surface area (Å²) < 4.78 is 4.86. The number of rotatable bonds is 4. The van der Waals surface area contributed by atoms with Crippen LogP contribution < -0.4 is 20.6 Å². The van der Waals surface area contributed by atoms with Crippen LogP contribution in [-0.2, 0) is 9.59 Å². The van der Waals surface area contributed by atoms with E-state index < -0.39 is 24.1 Å². The Labute approximate surface area is 137 Å². The number of carboxylic acids is 2. The van der Waals surface area contributed by atoms with E-state index in [1.807, 2.05) is 0 Å². The van der Waals surface area contributed by atoms with Crippen molar-refractivity contribution in [1.29, 1.82) is 0 Å². The molecule has 0 amide bonds. The summed E-state index contributed by atoms with van der Waals surface area (Å²) in [6, 6.07) is 0.987. The lowest BCUT2D eigenvalue weighted by Gasteiger charge is -2.31. The first-order chi connectivity index (χ1) is 11.1. The highest BCUT2D eigenvalue weighted by molar-refractivity contribution is 5.82. The molecule has 0 spiro atoms. The van der Waals surface area contributed by atoms with Crippen molar-refractivity contribution in [2.45, 2.75) is 57.4 Å². The zero-order valence-electron chi connectivity index (χ0n) is 13.4. The minimum absolute atomic E-state index is 0.356. The number of aliphatic hydroxyl groups excluding tert-OH is 2. The number of piperidine rings is 1. The molecule has 11 heteroatoms. The molecule has 1 aliphatic rings. The van der Waals surface area contributed by atoms with Crippen molar-refractivity contribution >= 4 is 17.8 Å². The fourth-order valence-electron chi connectivity index (χ4n) is 2.43. The maximum atomic E-state index is 9.74. The van der Waals surface area contributed by atoms with Crippen LogP contribution in [0, 0.1) is 0 Å². The fourth-order valence-corrected chi connectivity index (χ4v) is 2.43. The van der Waals surface area contributed by atoms with Gasteiger partial charge in [0, 0.05) is 0 Å². The normalized spacial score (nSPS) is 22.9. The number of nitrogen functional groups attached to an aromatic ring is 1. The zero-order chi connectivity index (χ0) is 18.4. The van der Waals surface area contributed by atoms with E-state index in [1.165, 1.54) is 19.3 Å². The van der Waals surface area contributed by atoms with Crippen molar-refractivity contribution in [1.82, 2.24) is 5.27 Å². The van der Waals surface area contributed by atoms with Gasteiger partial charge in [0.05, 0.1) is 22.8 Å². The first kappa shape index (κ1) is 19.6. The van der Waals surface area contributed by atoms with Gasteiger partial charge in [-0.2, -0.15) is 0 Å². The summed E-state index contributed by atoms with van der Waals surface area (Å²) in [6.07, 6.45) is 0.696. The molecule has 2 heterocycles. The molecule has 4 atom stereocenters. The summed E-state index contributed by atoms with van der Waals surface area (Å²) in [5.74, 6) is -3.47. The fraction of sp³-hybridized carbons (Fsp3) is 0.692. The molecule has 0 saturated carbocycles. The molecular formula is C13H22N4O7. The van der Waals surface area contributed by atoms with Crippen molar-refractivity contribution in [3.63, 3.8) is 0 Å². The Bertz CT molecular complexity index is 536. The van der Waals surface area contributed by atoms with Crippen LogP contribution in [0.4, 0.5) is 5.88 Å². The summed E-state index contributed by atoms with van der Waals surface area (Å²) in [5.41, 5.74) is 5.50. The van der Waals surface area contributed by atoms with Crippen molar-refractivity contribution in [3.05, 3.63) is 6.20 Å². The summed E-state index contributed by atoms with van der Waals surface area (Å²) in [4.78, 5) is 21.1. The molecule has 136 valence electrons. The molecule has 2 rings (SSSR count). The standard InChI is InChI=1S/C9H17N4O.C4H6O6/c1-7-4-3-5-8(2)13(7)12-6-9(10)14-11-12;5-1(3(7)8)2(6)4(9)10/h6-8H,3-5,10H2,1-2H3;1-2,5-6H,(H,7,8)(H,9,10)/q+1;/p-1/t7-,8+;. The third-order valence-electron chi connectivity index (χ3n) is 3.65. The van der Waals surface area contributed by atoms with Crippen molar-refractivity contribution in [3.8, 4) is 0 Å². The number of nitrogens with zero attached hydrogens (tertiary/aromatic N) is 3. The first-order valence-corrected chi connectivity index (χ1v) is 7.37. The quantitative estimate of drug-likeness (QED) is 0.410. The first-order valence-electron chi connectivity index (χ1n) is 7.37. The Morgan fingerprint density at radius 2 is 1.92 bits per heavy atom. The molecule has 1 saturated heterocycles. The second-order valence-corrected chi connectivity index (χ2v) is 5.58. The molecule has 5 N–H and O–H groups in total. The van der Waals surface area contributed by atoms with Gasteiger partial charge in [-0.3, -0.25) is 4.52 Å². The van der Waals surface area contributed by atoms with Gasteiger partial charge in [0.2, 0.25) is 5.27 Å². The Morgan fingerprint density at radius 3 is 2.25 bits per heavy atom. The summed E-state index contributed by atoms with van der Waals surface area (Å²) in [5, 5.41) is 40.2. The average molecular weight is 346 g/mol. The predicted octanol–water partition coefficient (Wildman–Crippen LogP) is -3.01. The predicted molar refractivity (Wildman–Crippen MR) is 76.8 cm³/mol. The summed E-state index contributed by atoms with van der Waals surface area (Å²) in [7, 11) is 0. The highest BCUT2D eigenvalue weighted by Gasteiger charge is 2.33. The lowest BCUT2D eigenvalue weighted by molar-refractivity contribution is -0.765. The van der Waals surface area contributed by atoms with Crippen LogP contribution in [0.2, 0.25) is 0 Å². The highest BCUT2D eigenvalue weighted by Crippen LogP contribution is 2.18. The van der Waals surface area contributed by atoms with E-state index >= 15 is 0 Å². The van der Waals surface area contributed by atoms with Gasteiger partial charge in [0.1, 0.15) is 6.10 Å². The SMILES string of the molecule is C[C@@H]1CCC[C@H](C)N1[n+]1cc(N)on1.O=C([O-])C(O)C(O)C(=O)O. The van der Waals surface area contributed by atoms with Crippen LogP contribution >= 0.6 is 0 Å². The second kappa shape index (κ2) is 8.45. The minimum Gasteiger partial charge on any atom is -0.547 e. The lowest BCUT2D eigenvalue weighted by atomic mass is 10.00. The van der Waals surface area contributed by atoms with E-state index in [4.69, 9.17) is 25.6 Å². The Kier molecular flexibility index (Phi) is 6.92. The molecule has 11 nitrogen and oxygen atoms in total. The maximum Gasteiger partial charge on any atom is 0.335 e. The van der Waals surface area contributed by atoms with Crippen molar-refractivity contribution < 1.29 is 39.3 Å². The number of aliphatic carboxylic acids is 2. The third-order valence-corrected chi connectivity index (χ3v) is 3.65. The zero-order valence-corrected chi connectivity index (χ0v) is 13.4. The van der Waals surface area contributed by atoms with Crippen LogP contribution in [0.5, 0.6) is 0 Å². The van der Waals surface area contributed by atoms with Gasteiger partial charge in [0.15, 0.2) is 6.10 Å². The van der Waals surface area contributed by atoms with E-state index in [2.05, 4.69) is 24.1 Å². The van der Waals surface area contributed by atoms with Crippen LogP contribution in [0.3, 0.4) is 0 Å². The number of anilines is 1. The third kappa shape index (κ3) is 5.06. The molecule has 0 aromatic carbocycles. The molecule has 1 aromatic heterocycles. The number of carbonyl (C=O) groups excluding carboxylic acids is 1. The lowest BCUT2D eigenvalue weighted by Crippen LogP contribution is -2.67. The van der Waals surface area contributed by atoms with Gasteiger partial charge in [-0.05, 0) is 33.1 Å². The molecule has 2 unspecified atom stereocenters. The average Bonchev–Trinajstić information content (AvgIpc) is 2.92. The molecular weight excluding hydrogens is 324 g/mol. The number of carboxylic acid groups (broad SMARTS) is 2.